The van der Waals surface area contributed by atoms with Gasteiger partial charge in [-0.15, -0.1) is 12.4 Å². The monoisotopic (exact) mass is 282 g/mol. The lowest BCUT2D eigenvalue weighted by Gasteiger charge is -2.21. The summed E-state index contributed by atoms with van der Waals surface area (Å²) in [7, 11) is 1.88. The molecule has 0 aliphatic carbocycles. The molecule has 1 atom stereocenters. The summed E-state index contributed by atoms with van der Waals surface area (Å²) >= 11 is 0. The maximum Gasteiger partial charge on any atom is 0.231 e. The maximum atomic E-state index is 12.3. The van der Waals surface area contributed by atoms with E-state index in [1.54, 1.807) is 4.90 Å². The Kier molecular flexibility index (Phi) is 5.83. The van der Waals surface area contributed by atoms with Gasteiger partial charge in [0.2, 0.25) is 5.91 Å². The van der Waals surface area contributed by atoms with E-state index in [1.807, 2.05) is 19.2 Å². The first-order valence-corrected chi connectivity index (χ1v) is 6.68. The van der Waals surface area contributed by atoms with Gasteiger partial charge in [-0.3, -0.25) is 4.79 Å². The van der Waals surface area contributed by atoms with Crippen molar-refractivity contribution in [3.05, 3.63) is 29.8 Å². The third kappa shape index (κ3) is 3.71. The van der Waals surface area contributed by atoms with Gasteiger partial charge in [-0.1, -0.05) is 26.0 Å². The van der Waals surface area contributed by atoms with Gasteiger partial charge < -0.3 is 10.2 Å². The van der Waals surface area contributed by atoms with Gasteiger partial charge >= 0.3 is 0 Å². The van der Waals surface area contributed by atoms with E-state index in [4.69, 9.17) is 0 Å². The Labute approximate surface area is 121 Å². The first-order chi connectivity index (χ1) is 8.59. The molecule has 19 heavy (non-hydrogen) atoms. The minimum Gasteiger partial charge on any atom is -0.316 e. The lowest BCUT2D eigenvalue weighted by atomic mass is 10.0. The highest BCUT2D eigenvalue weighted by Gasteiger charge is 2.25. The molecule has 1 heterocycles. The Hall–Kier alpha value is -1.06. The summed E-state index contributed by atoms with van der Waals surface area (Å²) in [4.78, 5) is 14.1. The molecule has 1 unspecified atom stereocenters. The van der Waals surface area contributed by atoms with Gasteiger partial charge in [-0.2, -0.15) is 0 Å². The highest BCUT2D eigenvalue weighted by molar-refractivity contribution is 5.94. The molecule has 1 aromatic carbocycles. The number of halogens is 1. The lowest BCUT2D eigenvalue weighted by molar-refractivity contribution is -0.121. The van der Waals surface area contributed by atoms with Crippen molar-refractivity contribution in [2.75, 3.05) is 25.0 Å². The average Bonchev–Trinajstić information content (AvgIpc) is 2.91. The average molecular weight is 283 g/mol. The molecule has 1 aliphatic rings. The van der Waals surface area contributed by atoms with Crippen molar-refractivity contribution in [1.82, 2.24) is 5.32 Å². The molecule has 2 rings (SSSR count). The largest absolute Gasteiger partial charge is 0.316 e. The van der Waals surface area contributed by atoms with Gasteiger partial charge in [0, 0.05) is 19.3 Å². The topological polar surface area (TPSA) is 32.3 Å². The van der Waals surface area contributed by atoms with E-state index in [1.165, 1.54) is 5.56 Å². The highest BCUT2D eigenvalue weighted by Crippen LogP contribution is 2.23. The Morgan fingerprint density at radius 2 is 2.16 bits per heavy atom. The van der Waals surface area contributed by atoms with Crippen LogP contribution in [0.3, 0.4) is 0 Å². The summed E-state index contributed by atoms with van der Waals surface area (Å²) in [5.41, 5.74) is 2.27. The second-order valence-electron chi connectivity index (χ2n) is 5.34. The number of rotatable bonds is 3. The number of hydrogen-bond acceptors (Lipinski definition) is 2. The molecule has 1 saturated heterocycles. The molecule has 3 nitrogen and oxygen atoms in total. The highest BCUT2D eigenvalue weighted by atomic mass is 35.5. The van der Waals surface area contributed by atoms with Crippen LogP contribution in [0.25, 0.3) is 0 Å². The number of hydrogen-bond donors (Lipinski definition) is 1. The summed E-state index contributed by atoms with van der Waals surface area (Å²) in [6.07, 6.45) is 0.951. The second-order valence-corrected chi connectivity index (χ2v) is 5.34. The summed E-state index contributed by atoms with van der Waals surface area (Å²) < 4.78 is 0. The molecule has 1 N–H and O–H groups in total. The predicted molar refractivity (Wildman–Crippen MR) is 82.2 cm³/mol. The van der Waals surface area contributed by atoms with E-state index in [2.05, 4.69) is 31.3 Å². The van der Waals surface area contributed by atoms with Crippen LogP contribution in [0.15, 0.2) is 24.3 Å². The van der Waals surface area contributed by atoms with Crippen LogP contribution in [-0.4, -0.2) is 26.0 Å². The van der Waals surface area contributed by atoms with Crippen molar-refractivity contribution < 1.29 is 4.79 Å². The Morgan fingerprint density at radius 3 is 2.74 bits per heavy atom. The van der Waals surface area contributed by atoms with Crippen molar-refractivity contribution in [2.45, 2.75) is 26.2 Å². The molecule has 4 heteroatoms. The minimum absolute atomic E-state index is 0. The maximum absolute atomic E-state index is 12.3. The Bertz CT molecular complexity index is 428. The third-order valence-electron chi connectivity index (χ3n) is 3.66. The quantitative estimate of drug-likeness (QED) is 0.925. The summed E-state index contributed by atoms with van der Waals surface area (Å²) in [5, 5.41) is 3.24. The number of amides is 1. The molecule has 0 spiro atoms. The van der Waals surface area contributed by atoms with Crippen LogP contribution in [0.2, 0.25) is 0 Å². The molecular weight excluding hydrogens is 260 g/mol. The van der Waals surface area contributed by atoms with Crippen LogP contribution >= 0.6 is 12.4 Å². The molecule has 1 aliphatic heterocycles. The number of benzene rings is 1. The van der Waals surface area contributed by atoms with Gasteiger partial charge in [0.25, 0.3) is 0 Å². The third-order valence-corrected chi connectivity index (χ3v) is 3.66. The molecule has 0 radical (unpaired) electrons. The van der Waals surface area contributed by atoms with Gasteiger partial charge in [-0.25, -0.2) is 0 Å². The van der Waals surface area contributed by atoms with Crippen LogP contribution in [0.4, 0.5) is 5.69 Å². The number of nitrogens with zero attached hydrogens (tertiary/aromatic N) is 1. The van der Waals surface area contributed by atoms with Crippen LogP contribution in [0.5, 0.6) is 0 Å². The summed E-state index contributed by atoms with van der Waals surface area (Å²) in [6.45, 7) is 6.10. The fourth-order valence-electron chi connectivity index (χ4n) is 2.36. The van der Waals surface area contributed by atoms with Crippen molar-refractivity contribution >= 4 is 24.0 Å². The minimum atomic E-state index is 0. The van der Waals surface area contributed by atoms with Crippen LogP contribution in [-0.2, 0) is 4.79 Å². The predicted octanol–water partition coefficient (Wildman–Crippen LogP) is 2.80. The number of carbonyl (C=O) groups excluding carboxylic acids is 1. The van der Waals surface area contributed by atoms with Crippen LogP contribution in [0.1, 0.15) is 31.7 Å². The first-order valence-electron chi connectivity index (χ1n) is 6.68. The van der Waals surface area contributed by atoms with Gasteiger partial charge in [0.1, 0.15) is 0 Å². The van der Waals surface area contributed by atoms with Gasteiger partial charge in [0.15, 0.2) is 0 Å². The molecule has 0 bridgehead atoms. The normalized spacial score (nSPS) is 18.2. The van der Waals surface area contributed by atoms with E-state index in [0.29, 0.717) is 5.92 Å². The lowest BCUT2D eigenvalue weighted by Crippen LogP contribution is -2.34. The van der Waals surface area contributed by atoms with E-state index < -0.39 is 0 Å². The molecule has 106 valence electrons. The standard InChI is InChI=1S/C15H22N2O.ClH/c1-11(2)12-5-4-6-14(9-12)17(3)15(18)13-7-8-16-10-13;/h4-6,9,11,13,16H,7-8,10H2,1-3H3;1H. The zero-order valence-electron chi connectivity index (χ0n) is 11.8. The number of anilines is 1. The van der Waals surface area contributed by atoms with Crippen LogP contribution in [0, 0.1) is 5.92 Å². The fraction of sp³-hybridized carbons (Fsp3) is 0.533. The van der Waals surface area contributed by atoms with Crippen molar-refractivity contribution in [1.29, 1.82) is 0 Å². The van der Waals surface area contributed by atoms with Crippen LogP contribution < -0.4 is 10.2 Å². The SMILES string of the molecule is CC(C)c1cccc(N(C)C(=O)C2CCNC2)c1.Cl. The van der Waals surface area contributed by atoms with E-state index in [-0.39, 0.29) is 24.2 Å². The molecule has 1 fully saturated rings. The smallest absolute Gasteiger partial charge is 0.231 e. The Balaban J connectivity index is 0.00000180. The zero-order chi connectivity index (χ0) is 13.1. The molecule has 1 aromatic rings. The molecule has 0 aromatic heterocycles. The molecule has 0 saturated carbocycles. The van der Waals surface area contributed by atoms with Gasteiger partial charge in [0.05, 0.1) is 5.92 Å². The second kappa shape index (κ2) is 6.92. The number of carbonyl (C=O) groups is 1. The summed E-state index contributed by atoms with van der Waals surface area (Å²) in [5.74, 6) is 0.847. The fourth-order valence-corrected chi connectivity index (χ4v) is 2.36. The first kappa shape index (κ1) is 16.0. The summed E-state index contributed by atoms with van der Waals surface area (Å²) in [6, 6.07) is 8.27. The van der Waals surface area contributed by atoms with Crippen molar-refractivity contribution in [2.24, 2.45) is 5.92 Å². The zero-order valence-corrected chi connectivity index (χ0v) is 12.7. The van der Waals surface area contributed by atoms with E-state index in [0.717, 1.165) is 25.2 Å². The Morgan fingerprint density at radius 1 is 1.42 bits per heavy atom. The van der Waals surface area contributed by atoms with Crippen molar-refractivity contribution in [3.63, 3.8) is 0 Å². The van der Waals surface area contributed by atoms with E-state index >= 15 is 0 Å². The number of nitrogens with one attached hydrogen (secondary N) is 1. The molecular formula is C15H23ClN2O. The van der Waals surface area contributed by atoms with E-state index in [9.17, 15) is 4.79 Å². The van der Waals surface area contributed by atoms with Crippen molar-refractivity contribution in [3.8, 4) is 0 Å². The molecule has 1 amide bonds. The van der Waals surface area contributed by atoms with Gasteiger partial charge in [-0.05, 0) is 36.6 Å².